The molecule has 1 spiro atoms. The lowest BCUT2D eigenvalue weighted by atomic mass is 10.0. The Hall–Kier alpha value is -0.300. The molecule has 4 N–H and O–H groups in total. The Balaban J connectivity index is 1.86. The molecule has 2 aliphatic heterocycles. The standard InChI is InChI=1S/C9H17N3O2S/c1-6(13)7(10)8(14)12-4-9(5-12)11-2-3-15-9/h6-7,11,13H,2-5,10H2,1H3/t6-,7?/m1/s1. The van der Waals surface area contributed by atoms with Crippen molar-refractivity contribution in [2.24, 2.45) is 5.73 Å². The van der Waals surface area contributed by atoms with E-state index >= 15 is 0 Å². The normalized spacial score (nSPS) is 27.5. The Morgan fingerprint density at radius 1 is 1.67 bits per heavy atom. The third-order valence-electron chi connectivity index (χ3n) is 2.94. The van der Waals surface area contributed by atoms with E-state index in [-0.39, 0.29) is 10.8 Å². The molecule has 2 heterocycles. The summed E-state index contributed by atoms with van der Waals surface area (Å²) in [7, 11) is 0. The van der Waals surface area contributed by atoms with Gasteiger partial charge in [-0.3, -0.25) is 10.1 Å². The zero-order valence-corrected chi connectivity index (χ0v) is 9.59. The highest BCUT2D eigenvalue weighted by atomic mass is 32.2. The van der Waals surface area contributed by atoms with Crippen LogP contribution in [0.15, 0.2) is 0 Å². The highest BCUT2D eigenvalue weighted by Crippen LogP contribution is 2.36. The number of carbonyl (C=O) groups is 1. The number of aliphatic hydroxyl groups is 1. The molecular weight excluding hydrogens is 214 g/mol. The van der Waals surface area contributed by atoms with Crippen molar-refractivity contribution in [3.8, 4) is 0 Å². The van der Waals surface area contributed by atoms with Crippen LogP contribution in [-0.4, -0.2) is 58.3 Å². The Labute approximate surface area is 93.4 Å². The molecule has 2 aliphatic rings. The largest absolute Gasteiger partial charge is 0.391 e. The first kappa shape index (κ1) is 11.2. The van der Waals surface area contributed by atoms with Gasteiger partial charge in [0.2, 0.25) is 5.91 Å². The Morgan fingerprint density at radius 2 is 2.33 bits per heavy atom. The Morgan fingerprint density at radius 3 is 2.80 bits per heavy atom. The van der Waals surface area contributed by atoms with Gasteiger partial charge in [-0.05, 0) is 6.92 Å². The van der Waals surface area contributed by atoms with Crippen molar-refractivity contribution in [2.75, 3.05) is 25.4 Å². The second-order valence-corrected chi connectivity index (χ2v) is 5.71. The Kier molecular flexibility index (Phi) is 2.94. The summed E-state index contributed by atoms with van der Waals surface area (Å²) in [4.78, 5) is 13.5. The van der Waals surface area contributed by atoms with Crippen LogP contribution in [0.1, 0.15) is 6.92 Å². The fourth-order valence-electron chi connectivity index (χ4n) is 1.92. The zero-order chi connectivity index (χ0) is 11.1. The second-order valence-electron chi connectivity index (χ2n) is 4.23. The lowest BCUT2D eigenvalue weighted by Crippen LogP contribution is -2.69. The summed E-state index contributed by atoms with van der Waals surface area (Å²) in [5, 5.41) is 12.6. The molecule has 0 aromatic carbocycles. The van der Waals surface area contributed by atoms with E-state index in [1.165, 1.54) is 0 Å². The molecule has 2 atom stereocenters. The first-order valence-corrected chi connectivity index (χ1v) is 6.14. The van der Waals surface area contributed by atoms with Crippen LogP contribution in [0.5, 0.6) is 0 Å². The summed E-state index contributed by atoms with van der Waals surface area (Å²) in [5.41, 5.74) is 5.59. The van der Waals surface area contributed by atoms with E-state index in [1.807, 2.05) is 11.8 Å². The van der Waals surface area contributed by atoms with Gasteiger partial charge < -0.3 is 15.7 Å². The minimum atomic E-state index is -0.784. The quantitative estimate of drug-likeness (QED) is 0.543. The molecule has 1 unspecified atom stereocenters. The number of aliphatic hydroxyl groups excluding tert-OH is 1. The van der Waals surface area contributed by atoms with Gasteiger partial charge in [0.1, 0.15) is 10.9 Å². The van der Waals surface area contributed by atoms with Gasteiger partial charge in [-0.2, -0.15) is 0 Å². The first-order chi connectivity index (χ1) is 7.04. The number of carbonyl (C=O) groups excluding carboxylic acids is 1. The number of nitrogens with zero attached hydrogens (tertiary/aromatic N) is 1. The number of nitrogens with one attached hydrogen (secondary N) is 1. The predicted molar refractivity (Wildman–Crippen MR) is 59.4 cm³/mol. The van der Waals surface area contributed by atoms with Crippen molar-refractivity contribution in [1.29, 1.82) is 0 Å². The van der Waals surface area contributed by atoms with Crippen molar-refractivity contribution in [2.45, 2.75) is 23.9 Å². The molecular formula is C9H17N3O2S. The van der Waals surface area contributed by atoms with E-state index < -0.39 is 12.1 Å². The number of thioether (sulfide) groups is 1. The molecule has 5 nitrogen and oxygen atoms in total. The van der Waals surface area contributed by atoms with Crippen LogP contribution in [0.2, 0.25) is 0 Å². The van der Waals surface area contributed by atoms with E-state index in [1.54, 1.807) is 11.8 Å². The molecule has 0 aromatic heterocycles. The predicted octanol–water partition coefficient (Wildman–Crippen LogP) is -1.43. The number of hydrogen-bond donors (Lipinski definition) is 3. The molecule has 0 radical (unpaired) electrons. The number of likely N-dealkylation sites (tertiary alicyclic amines) is 1. The molecule has 2 rings (SSSR count). The lowest BCUT2D eigenvalue weighted by molar-refractivity contribution is -0.140. The molecule has 0 saturated carbocycles. The molecule has 2 fully saturated rings. The molecule has 1 amide bonds. The second kappa shape index (κ2) is 3.93. The van der Waals surface area contributed by atoms with Crippen LogP contribution in [0, 0.1) is 0 Å². The van der Waals surface area contributed by atoms with Gasteiger partial charge in [0.05, 0.1) is 19.2 Å². The van der Waals surface area contributed by atoms with Crippen LogP contribution in [0.25, 0.3) is 0 Å². The van der Waals surface area contributed by atoms with Crippen molar-refractivity contribution in [3.63, 3.8) is 0 Å². The van der Waals surface area contributed by atoms with Crippen LogP contribution < -0.4 is 11.1 Å². The summed E-state index contributed by atoms with van der Waals surface area (Å²) in [6.07, 6.45) is -0.779. The van der Waals surface area contributed by atoms with E-state index in [4.69, 9.17) is 5.73 Å². The molecule has 6 heteroatoms. The number of nitrogens with two attached hydrogens (primary N) is 1. The maximum absolute atomic E-state index is 11.7. The lowest BCUT2D eigenvalue weighted by Gasteiger charge is -2.48. The van der Waals surface area contributed by atoms with Gasteiger partial charge in [0.25, 0.3) is 0 Å². The van der Waals surface area contributed by atoms with Gasteiger partial charge in [0.15, 0.2) is 0 Å². The van der Waals surface area contributed by atoms with E-state index in [0.717, 1.165) is 12.3 Å². The third kappa shape index (κ3) is 1.99. The number of hydrogen-bond acceptors (Lipinski definition) is 5. The van der Waals surface area contributed by atoms with E-state index in [9.17, 15) is 9.90 Å². The fourth-order valence-corrected chi connectivity index (χ4v) is 3.22. The van der Waals surface area contributed by atoms with Gasteiger partial charge in [0, 0.05) is 12.3 Å². The summed E-state index contributed by atoms with van der Waals surface area (Å²) in [5.74, 6) is 0.953. The summed E-state index contributed by atoms with van der Waals surface area (Å²) in [6.45, 7) is 3.96. The summed E-state index contributed by atoms with van der Waals surface area (Å²) in [6, 6.07) is -0.784. The van der Waals surface area contributed by atoms with E-state index in [0.29, 0.717) is 13.1 Å². The highest BCUT2D eigenvalue weighted by Gasteiger charge is 2.48. The highest BCUT2D eigenvalue weighted by molar-refractivity contribution is 8.01. The molecule has 0 aromatic rings. The smallest absolute Gasteiger partial charge is 0.242 e. The minimum absolute atomic E-state index is 0.0775. The number of rotatable bonds is 2. The van der Waals surface area contributed by atoms with Gasteiger partial charge in [-0.25, -0.2) is 0 Å². The summed E-state index contributed by atoms with van der Waals surface area (Å²) < 4.78 is 0. The van der Waals surface area contributed by atoms with E-state index in [2.05, 4.69) is 5.32 Å². The van der Waals surface area contributed by atoms with Crippen molar-refractivity contribution in [1.82, 2.24) is 10.2 Å². The Bertz CT molecular complexity index is 258. The fraction of sp³-hybridized carbons (Fsp3) is 0.889. The number of amides is 1. The maximum atomic E-state index is 11.7. The SMILES string of the molecule is C[C@@H](O)C(N)C(=O)N1CC2(C1)NCCS2. The van der Waals surface area contributed by atoms with Gasteiger partial charge in [-0.15, -0.1) is 11.8 Å². The molecule has 0 bridgehead atoms. The molecule has 0 aliphatic carbocycles. The van der Waals surface area contributed by atoms with Crippen LogP contribution in [0.3, 0.4) is 0 Å². The first-order valence-electron chi connectivity index (χ1n) is 5.15. The third-order valence-corrected chi connectivity index (χ3v) is 4.30. The van der Waals surface area contributed by atoms with Gasteiger partial charge >= 0.3 is 0 Å². The van der Waals surface area contributed by atoms with Crippen molar-refractivity contribution >= 4 is 17.7 Å². The molecule has 2 saturated heterocycles. The topological polar surface area (TPSA) is 78.6 Å². The molecule has 86 valence electrons. The zero-order valence-electron chi connectivity index (χ0n) is 8.77. The maximum Gasteiger partial charge on any atom is 0.242 e. The van der Waals surface area contributed by atoms with Crippen LogP contribution in [-0.2, 0) is 4.79 Å². The molecule has 15 heavy (non-hydrogen) atoms. The minimum Gasteiger partial charge on any atom is -0.391 e. The monoisotopic (exact) mass is 231 g/mol. The van der Waals surface area contributed by atoms with Crippen molar-refractivity contribution in [3.05, 3.63) is 0 Å². The van der Waals surface area contributed by atoms with Crippen molar-refractivity contribution < 1.29 is 9.90 Å². The van der Waals surface area contributed by atoms with Crippen LogP contribution >= 0.6 is 11.8 Å². The average molecular weight is 231 g/mol. The van der Waals surface area contributed by atoms with Gasteiger partial charge in [-0.1, -0.05) is 0 Å². The van der Waals surface area contributed by atoms with Crippen LogP contribution in [0.4, 0.5) is 0 Å². The summed E-state index contributed by atoms with van der Waals surface area (Å²) >= 11 is 1.86. The average Bonchev–Trinajstić information content (AvgIpc) is 2.61.